The summed E-state index contributed by atoms with van der Waals surface area (Å²) < 4.78 is 3.04. The summed E-state index contributed by atoms with van der Waals surface area (Å²) in [6.07, 6.45) is 3.03. The van der Waals surface area contributed by atoms with Crippen molar-refractivity contribution < 1.29 is 4.79 Å². The van der Waals surface area contributed by atoms with Gasteiger partial charge in [-0.1, -0.05) is 6.92 Å². The molecule has 1 amide bonds. The average Bonchev–Trinajstić information content (AvgIpc) is 2.78. The van der Waals surface area contributed by atoms with Crippen LogP contribution in [0.5, 0.6) is 0 Å². The lowest BCUT2D eigenvalue weighted by molar-refractivity contribution is 0.0443. The topological polar surface area (TPSA) is 28.5 Å². The fourth-order valence-corrected chi connectivity index (χ4v) is 3.29. The highest BCUT2D eigenvalue weighted by Gasteiger charge is 2.29. The summed E-state index contributed by atoms with van der Waals surface area (Å²) in [6, 6.07) is 1.94. The number of nitrogens with zero attached hydrogens (tertiary/aromatic N) is 3. The molecule has 5 heteroatoms. The Bertz CT molecular complexity index is 496. The molecular formula is C16H26BrN3O. The van der Waals surface area contributed by atoms with Crippen LogP contribution >= 0.6 is 15.9 Å². The zero-order valence-electron chi connectivity index (χ0n) is 13.5. The standard InChI is InChI=1S/C16H26BrN3O/c1-5-6-19-12-13(17)11-14(19)15(21)18-7-9-20(10-8-18)16(2,3)4/h11-12H,5-10H2,1-4H3. The van der Waals surface area contributed by atoms with Gasteiger partial charge in [-0.05, 0) is 49.2 Å². The molecule has 1 saturated heterocycles. The highest BCUT2D eigenvalue weighted by molar-refractivity contribution is 9.10. The van der Waals surface area contributed by atoms with Crippen LogP contribution in [-0.2, 0) is 6.54 Å². The zero-order chi connectivity index (χ0) is 15.6. The Hall–Kier alpha value is -0.810. The summed E-state index contributed by atoms with van der Waals surface area (Å²) in [5, 5.41) is 0. The lowest BCUT2D eigenvalue weighted by Crippen LogP contribution is -2.54. The van der Waals surface area contributed by atoms with Crippen molar-refractivity contribution in [2.24, 2.45) is 0 Å². The first kappa shape index (κ1) is 16.6. The van der Waals surface area contributed by atoms with Crippen molar-refractivity contribution in [3.05, 3.63) is 22.4 Å². The Morgan fingerprint density at radius 2 is 1.86 bits per heavy atom. The minimum atomic E-state index is 0.155. The number of hydrogen-bond donors (Lipinski definition) is 0. The van der Waals surface area contributed by atoms with E-state index < -0.39 is 0 Å². The molecule has 0 unspecified atom stereocenters. The molecule has 0 saturated carbocycles. The second-order valence-electron chi connectivity index (χ2n) is 6.69. The van der Waals surface area contributed by atoms with Crippen LogP contribution < -0.4 is 0 Å². The van der Waals surface area contributed by atoms with Crippen LogP contribution in [0.3, 0.4) is 0 Å². The molecule has 2 rings (SSSR count). The predicted molar refractivity (Wildman–Crippen MR) is 89.7 cm³/mol. The van der Waals surface area contributed by atoms with Crippen LogP contribution in [0.4, 0.5) is 0 Å². The van der Waals surface area contributed by atoms with E-state index in [9.17, 15) is 4.79 Å². The summed E-state index contributed by atoms with van der Waals surface area (Å²) in [7, 11) is 0. The fourth-order valence-electron chi connectivity index (χ4n) is 2.82. The Balaban J connectivity index is 2.05. The molecule has 2 heterocycles. The molecule has 0 bridgehead atoms. The van der Waals surface area contributed by atoms with E-state index in [1.807, 2.05) is 17.2 Å². The van der Waals surface area contributed by atoms with E-state index in [4.69, 9.17) is 0 Å². The highest BCUT2D eigenvalue weighted by Crippen LogP contribution is 2.20. The molecule has 1 aromatic heterocycles. The lowest BCUT2D eigenvalue weighted by Gasteiger charge is -2.42. The van der Waals surface area contributed by atoms with E-state index >= 15 is 0 Å². The van der Waals surface area contributed by atoms with Crippen molar-refractivity contribution >= 4 is 21.8 Å². The van der Waals surface area contributed by atoms with Gasteiger partial charge in [0.15, 0.2) is 0 Å². The number of hydrogen-bond acceptors (Lipinski definition) is 2. The normalized spacial score (nSPS) is 17.3. The van der Waals surface area contributed by atoms with Crippen LogP contribution in [0.15, 0.2) is 16.7 Å². The minimum Gasteiger partial charge on any atom is -0.342 e. The Morgan fingerprint density at radius 1 is 1.24 bits per heavy atom. The number of carbonyl (C=O) groups is 1. The SMILES string of the molecule is CCCn1cc(Br)cc1C(=O)N1CCN(C(C)(C)C)CC1. The highest BCUT2D eigenvalue weighted by atomic mass is 79.9. The smallest absolute Gasteiger partial charge is 0.270 e. The van der Waals surface area contributed by atoms with Crippen molar-refractivity contribution in [1.82, 2.24) is 14.4 Å². The summed E-state index contributed by atoms with van der Waals surface area (Å²) in [5.74, 6) is 0.155. The van der Waals surface area contributed by atoms with Gasteiger partial charge in [0.05, 0.1) is 0 Å². The van der Waals surface area contributed by atoms with Gasteiger partial charge in [-0.3, -0.25) is 9.69 Å². The van der Waals surface area contributed by atoms with E-state index in [0.717, 1.165) is 49.3 Å². The second-order valence-corrected chi connectivity index (χ2v) is 7.60. The summed E-state index contributed by atoms with van der Waals surface area (Å²) >= 11 is 3.48. The first-order valence-electron chi connectivity index (χ1n) is 7.73. The van der Waals surface area contributed by atoms with E-state index in [0.29, 0.717) is 0 Å². The first-order chi connectivity index (χ1) is 9.82. The molecule has 4 nitrogen and oxygen atoms in total. The van der Waals surface area contributed by atoms with Crippen LogP contribution in [-0.4, -0.2) is 52.0 Å². The molecule has 0 N–H and O–H groups in total. The predicted octanol–water partition coefficient (Wildman–Crippen LogP) is 3.22. The fraction of sp³-hybridized carbons (Fsp3) is 0.688. The van der Waals surface area contributed by atoms with Gasteiger partial charge in [0.25, 0.3) is 5.91 Å². The largest absolute Gasteiger partial charge is 0.342 e. The third-order valence-electron chi connectivity index (χ3n) is 4.06. The van der Waals surface area contributed by atoms with Crippen LogP contribution in [0.25, 0.3) is 0 Å². The van der Waals surface area contributed by atoms with E-state index in [2.05, 4.69) is 53.1 Å². The van der Waals surface area contributed by atoms with Gasteiger partial charge in [-0.2, -0.15) is 0 Å². The van der Waals surface area contributed by atoms with Crippen LogP contribution in [0.2, 0.25) is 0 Å². The van der Waals surface area contributed by atoms with E-state index in [1.165, 1.54) is 0 Å². The first-order valence-corrected chi connectivity index (χ1v) is 8.52. The van der Waals surface area contributed by atoms with Crippen molar-refractivity contribution in [2.75, 3.05) is 26.2 Å². The zero-order valence-corrected chi connectivity index (χ0v) is 15.1. The Kier molecular flexibility index (Phi) is 5.15. The van der Waals surface area contributed by atoms with Crippen molar-refractivity contribution in [3.8, 4) is 0 Å². The van der Waals surface area contributed by atoms with E-state index in [1.54, 1.807) is 0 Å². The maximum absolute atomic E-state index is 12.7. The molecule has 1 aromatic rings. The average molecular weight is 356 g/mol. The van der Waals surface area contributed by atoms with Crippen molar-refractivity contribution in [1.29, 1.82) is 0 Å². The van der Waals surface area contributed by atoms with Crippen molar-refractivity contribution in [2.45, 2.75) is 46.2 Å². The van der Waals surface area contributed by atoms with Gasteiger partial charge in [-0.25, -0.2) is 0 Å². The molecule has 1 aliphatic rings. The number of halogens is 1. The molecule has 1 aliphatic heterocycles. The van der Waals surface area contributed by atoms with E-state index in [-0.39, 0.29) is 11.4 Å². The molecule has 0 aliphatic carbocycles. The Morgan fingerprint density at radius 3 is 2.38 bits per heavy atom. The third-order valence-corrected chi connectivity index (χ3v) is 4.50. The van der Waals surface area contributed by atoms with Gasteiger partial charge in [0, 0.05) is 48.9 Å². The summed E-state index contributed by atoms with van der Waals surface area (Å²) in [4.78, 5) is 17.2. The molecule has 0 atom stereocenters. The maximum atomic E-state index is 12.7. The number of carbonyl (C=O) groups excluding carboxylic acids is 1. The van der Waals surface area contributed by atoms with Gasteiger partial charge in [0.2, 0.25) is 0 Å². The van der Waals surface area contributed by atoms with Crippen molar-refractivity contribution in [3.63, 3.8) is 0 Å². The number of rotatable bonds is 3. The van der Waals surface area contributed by atoms with Gasteiger partial charge >= 0.3 is 0 Å². The number of piperazine rings is 1. The third kappa shape index (κ3) is 3.89. The van der Waals surface area contributed by atoms with Gasteiger partial charge in [0.1, 0.15) is 5.69 Å². The van der Waals surface area contributed by atoms with Gasteiger partial charge < -0.3 is 9.47 Å². The molecular weight excluding hydrogens is 330 g/mol. The summed E-state index contributed by atoms with van der Waals surface area (Å²) in [5.41, 5.74) is 0.980. The van der Waals surface area contributed by atoms with Gasteiger partial charge in [-0.15, -0.1) is 0 Å². The number of aromatic nitrogens is 1. The molecule has 0 spiro atoms. The lowest BCUT2D eigenvalue weighted by atomic mass is 10.0. The monoisotopic (exact) mass is 355 g/mol. The van der Waals surface area contributed by atoms with Crippen LogP contribution in [0, 0.1) is 0 Å². The molecule has 118 valence electrons. The summed E-state index contributed by atoms with van der Waals surface area (Å²) in [6.45, 7) is 13.2. The second kappa shape index (κ2) is 6.53. The number of amides is 1. The molecule has 0 radical (unpaired) electrons. The Labute approximate surface area is 136 Å². The maximum Gasteiger partial charge on any atom is 0.270 e. The molecule has 0 aromatic carbocycles. The molecule has 1 fully saturated rings. The van der Waals surface area contributed by atoms with Crippen LogP contribution in [0.1, 0.15) is 44.6 Å². The molecule has 21 heavy (non-hydrogen) atoms. The minimum absolute atomic E-state index is 0.155. The quantitative estimate of drug-likeness (QED) is 0.832. The number of aryl methyl sites for hydroxylation is 1.